The molecule has 3 aromatic heterocycles. The highest BCUT2D eigenvalue weighted by Gasteiger charge is 2.26. The van der Waals surface area contributed by atoms with E-state index in [2.05, 4.69) is 62.3 Å². The average Bonchev–Trinajstić information content (AvgIpc) is 3.68. The zero-order chi connectivity index (χ0) is 26.6. The van der Waals surface area contributed by atoms with E-state index >= 15 is 0 Å². The van der Waals surface area contributed by atoms with Crippen molar-refractivity contribution < 1.29 is 0 Å². The second-order valence-corrected chi connectivity index (χ2v) is 10.7. The van der Waals surface area contributed by atoms with Crippen LogP contribution in [0, 0.1) is 18.3 Å². The van der Waals surface area contributed by atoms with Crippen LogP contribution in [0.25, 0.3) is 23.1 Å². The molecule has 0 atom stereocenters. The number of benzene rings is 1. The Bertz CT molecular complexity index is 1500. The largest absolute Gasteiger partial charge is 0.361 e. The van der Waals surface area contributed by atoms with Gasteiger partial charge in [0.1, 0.15) is 6.07 Å². The summed E-state index contributed by atoms with van der Waals surface area (Å²) in [5.74, 6) is 0. The fraction of sp³-hybridized carbons (Fsp3) is 0.344. The summed E-state index contributed by atoms with van der Waals surface area (Å²) < 4.78 is 0. The number of aryl methyl sites for hydroxylation is 1. The molecule has 0 saturated carbocycles. The van der Waals surface area contributed by atoms with E-state index in [-0.39, 0.29) is 0 Å². The molecule has 0 spiro atoms. The van der Waals surface area contributed by atoms with Crippen LogP contribution >= 0.6 is 0 Å². The maximum atomic E-state index is 9.77. The maximum absolute atomic E-state index is 9.77. The molecule has 5 heterocycles. The summed E-state index contributed by atoms with van der Waals surface area (Å²) in [6.07, 6.45) is 16.6. The SMILES string of the molecule is Cc1c(Nc2c(C#N)cncc2C=Cc2ccc(CN3CCC(N4CCCC4)CC3)cn2)ccc2[nH]ccc12. The van der Waals surface area contributed by atoms with Crippen molar-refractivity contribution in [3.63, 3.8) is 0 Å². The maximum Gasteiger partial charge on any atom is 0.103 e. The molecule has 2 aliphatic rings. The number of fused-ring (bicyclic) bond motifs is 1. The second kappa shape index (κ2) is 11.4. The summed E-state index contributed by atoms with van der Waals surface area (Å²) in [6, 6.07) is 13.5. The number of aromatic nitrogens is 3. The molecule has 0 bridgehead atoms. The first kappa shape index (κ1) is 25.3. The lowest BCUT2D eigenvalue weighted by Crippen LogP contribution is -2.43. The van der Waals surface area contributed by atoms with Gasteiger partial charge in [-0.3, -0.25) is 14.9 Å². The number of H-pyrrole nitrogens is 1. The lowest BCUT2D eigenvalue weighted by atomic mass is 10.0. The topological polar surface area (TPSA) is 83.9 Å². The van der Waals surface area contributed by atoms with Gasteiger partial charge in [0.05, 0.1) is 16.9 Å². The lowest BCUT2D eigenvalue weighted by molar-refractivity contribution is 0.122. The van der Waals surface area contributed by atoms with Crippen molar-refractivity contribution in [2.24, 2.45) is 0 Å². The Hall–Kier alpha value is -3.99. The van der Waals surface area contributed by atoms with Gasteiger partial charge in [-0.1, -0.05) is 6.07 Å². The minimum atomic E-state index is 0.502. The number of nitrogens with one attached hydrogen (secondary N) is 2. The molecule has 2 fully saturated rings. The fourth-order valence-electron chi connectivity index (χ4n) is 5.99. The number of hydrogen-bond acceptors (Lipinski definition) is 6. The molecule has 2 N–H and O–H groups in total. The Morgan fingerprint density at radius 1 is 1.03 bits per heavy atom. The van der Waals surface area contributed by atoms with Crippen LogP contribution in [0.5, 0.6) is 0 Å². The highest BCUT2D eigenvalue weighted by molar-refractivity contribution is 5.90. The monoisotopic (exact) mass is 517 g/mol. The molecule has 1 aromatic carbocycles. The minimum absolute atomic E-state index is 0.502. The van der Waals surface area contributed by atoms with Gasteiger partial charge in [-0.15, -0.1) is 0 Å². The van der Waals surface area contributed by atoms with Crippen LogP contribution in [-0.2, 0) is 6.54 Å². The van der Waals surface area contributed by atoms with Gasteiger partial charge in [-0.2, -0.15) is 5.26 Å². The molecule has 198 valence electrons. The number of hydrogen-bond donors (Lipinski definition) is 2. The molecular formula is C32H35N7. The van der Waals surface area contributed by atoms with Crippen molar-refractivity contribution in [1.29, 1.82) is 5.26 Å². The van der Waals surface area contributed by atoms with E-state index < -0.39 is 0 Å². The lowest BCUT2D eigenvalue weighted by Gasteiger charge is -2.36. The summed E-state index contributed by atoms with van der Waals surface area (Å²) in [5, 5.41) is 14.4. The Morgan fingerprint density at radius 2 is 1.87 bits per heavy atom. The first-order valence-corrected chi connectivity index (χ1v) is 14.0. The first-order chi connectivity index (χ1) is 19.2. The average molecular weight is 518 g/mol. The highest BCUT2D eigenvalue weighted by atomic mass is 15.2. The van der Waals surface area contributed by atoms with Gasteiger partial charge in [0.25, 0.3) is 0 Å². The molecule has 0 radical (unpaired) electrons. The zero-order valence-electron chi connectivity index (χ0n) is 22.5. The molecule has 2 saturated heterocycles. The van der Waals surface area contributed by atoms with Crippen LogP contribution in [0.3, 0.4) is 0 Å². The number of nitrogens with zero attached hydrogens (tertiary/aromatic N) is 5. The van der Waals surface area contributed by atoms with Crippen molar-refractivity contribution in [3.05, 3.63) is 83.1 Å². The Balaban J connectivity index is 1.13. The zero-order valence-corrected chi connectivity index (χ0v) is 22.5. The van der Waals surface area contributed by atoms with Crippen molar-refractivity contribution in [3.8, 4) is 6.07 Å². The quantitative estimate of drug-likeness (QED) is 0.308. The van der Waals surface area contributed by atoms with Gasteiger partial charge >= 0.3 is 0 Å². The number of piperidine rings is 1. The van der Waals surface area contributed by atoms with E-state index in [0.29, 0.717) is 5.56 Å². The van der Waals surface area contributed by atoms with Crippen LogP contribution in [0.1, 0.15) is 53.6 Å². The Morgan fingerprint density at radius 3 is 2.64 bits per heavy atom. The van der Waals surface area contributed by atoms with E-state index in [0.717, 1.165) is 64.8 Å². The van der Waals surface area contributed by atoms with Crippen LogP contribution in [0.2, 0.25) is 0 Å². The van der Waals surface area contributed by atoms with Gasteiger partial charge in [-0.05, 0) is 106 Å². The van der Waals surface area contributed by atoms with Crippen molar-refractivity contribution >= 4 is 34.4 Å². The summed E-state index contributed by atoms with van der Waals surface area (Å²) in [4.78, 5) is 17.5. The predicted octanol–water partition coefficient (Wildman–Crippen LogP) is 6.11. The number of pyridine rings is 2. The standard InChI is InChI=1S/C32H35N7/c1-23-29-10-13-35-31(29)9-8-30(23)37-32-25(20-34-21-26(32)18-33)5-7-27-6-4-24(19-36-27)22-38-16-11-28(12-17-38)39-14-2-3-15-39/h4-10,13,19-21,28,35H,2-3,11-12,14-17,22H2,1H3,(H,34,37). The van der Waals surface area contributed by atoms with Crippen molar-refractivity contribution in [2.45, 2.75) is 45.2 Å². The van der Waals surface area contributed by atoms with Crippen LogP contribution in [-0.4, -0.2) is 57.0 Å². The van der Waals surface area contributed by atoms with Gasteiger partial charge in [0.2, 0.25) is 0 Å². The molecule has 7 nitrogen and oxygen atoms in total. The Kier molecular flexibility index (Phi) is 7.40. The van der Waals surface area contributed by atoms with Gasteiger partial charge in [0.15, 0.2) is 0 Å². The van der Waals surface area contributed by atoms with E-state index in [4.69, 9.17) is 4.98 Å². The second-order valence-electron chi connectivity index (χ2n) is 10.7. The third-order valence-electron chi connectivity index (χ3n) is 8.26. The fourth-order valence-corrected chi connectivity index (χ4v) is 5.99. The molecule has 6 rings (SSSR count). The molecule has 2 aliphatic heterocycles. The third-order valence-corrected chi connectivity index (χ3v) is 8.26. The number of nitriles is 1. The molecule has 39 heavy (non-hydrogen) atoms. The van der Waals surface area contributed by atoms with Gasteiger partial charge < -0.3 is 15.2 Å². The summed E-state index contributed by atoms with van der Waals surface area (Å²) in [6.45, 7) is 7.95. The Labute approximate surface area is 230 Å². The summed E-state index contributed by atoms with van der Waals surface area (Å²) in [7, 11) is 0. The molecule has 4 aromatic rings. The molecule has 7 heteroatoms. The number of aromatic amines is 1. The normalized spacial score (nSPS) is 17.2. The van der Waals surface area contributed by atoms with Crippen LogP contribution < -0.4 is 5.32 Å². The van der Waals surface area contributed by atoms with Crippen molar-refractivity contribution in [2.75, 3.05) is 31.5 Å². The third kappa shape index (κ3) is 5.58. The minimum Gasteiger partial charge on any atom is -0.361 e. The van der Waals surface area contributed by atoms with E-state index in [1.165, 1.54) is 44.3 Å². The van der Waals surface area contributed by atoms with Crippen molar-refractivity contribution in [1.82, 2.24) is 24.8 Å². The van der Waals surface area contributed by atoms with Gasteiger partial charge in [0, 0.05) is 59.5 Å². The number of rotatable bonds is 7. The number of anilines is 2. The predicted molar refractivity (Wildman–Crippen MR) is 158 cm³/mol. The summed E-state index contributed by atoms with van der Waals surface area (Å²) >= 11 is 0. The summed E-state index contributed by atoms with van der Waals surface area (Å²) in [5.41, 5.74) is 7.40. The van der Waals surface area contributed by atoms with Crippen LogP contribution in [0.4, 0.5) is 11.4 Å². The molecular weight excluding hydrogens is 482 g/mol. The van der Waals surface area contributed by atoms with E-state index in [9.17, 15) is 5.26 Å². The molecule has 0 unspecified atom stereocenters. The number of likely N-dealkylation sites (tertiary alicyclic amines) is 2. The van der Waals surface area contributed by atoms with Gasteiger partial charge in [-0.25, -0.2) is 0 Å². The first-order valence-electron chi connectivity index (χ1n) is 14.0. The van der Waals surface area contributed by atoms with E-state index in [1.54, 1.807) is 12.4 Å². The van der Waals surface area contributed by atoms with Crippen LogP contribution in [0.15, 0.2) is 55.1 Å². The van der Waals surface area contributed by atoms with E-state index in [1.807, 2.05) is 30.6 Å². The smallest absolute Gasteiger partial charge is 0.103 e. The molecule has 0 amide bonds. The highest BCUT2D eigenvalue weighted by Crippen LogP contribution is 2.31. The molecule has 0 aliphatic carbocycles.